The second-order valence-corrected chi connectivity index (χ2v) is 7.16. The Balaban J connectivity index is 1.63. The molecule has 2 saturated heterocycles. The molecule has 0 saturated carbocycles. The third-order valence-corrected chi connectivity index (χ3v) is 5.25. The van der Waals surface area contributed by atoms with Gasteiger partial charge in [0.05, 0.1) is 6.10 Å². The minimum Gasteiger partial charge on any atom is -0.380 e. The van der Waals surface area contributed by atoms with Gasteiger partial charge in [-0.3, -0.25) is 4.79 Å². The smallest absolute Gasteiger partial charge is 0.321 e. The van der Waals surface area contributed by atoms with Crippen molar-refractivity contribution in [3.8, 4) is 0 Å². The molecule has 0 radical (unpaired) electrons. The predicted molar refractivity (Wildman–Crippen MR) is 101 cm³/mol. The number of hydrogen-bond acceptors (Lipinski definition) is 3. The summed E-state index contributed by atoms with van der Waals surface area (Å²) in [5, 5.41) is 2.93. The fraction of sp³-hybridized carbons (Fsp3) is 0.600. The average molecular weight is 359 g/mol. The highest BCUT2D eigenvalue weighted by atomic mass is 16.5. The lowest BCUT2D eigenvalue weighted by molar-refractivity contribution is 0.0458. The van der Waals surface area contributed by atoms with E-state index >= 15 is 0 Å². The van der Waals surface area contributed by atoms with Crippen LogP contribution in [0.1, 0.15) is 48.9 Å². The normalized spacial score (nSPS) is 21.2. The van der Waals surface area contributed by atoms with E-state index in [1.165, 1.54) is 12.8 Å². The van der Waals surface area contributed by atoms with Crippen molar-refractivity contribution < 1.29 is 14.3 Å². The van der Waals surface area contributed by atoms with Gasteiger partial charge in [0, 0.05) is 44.5 Å². The maximum absolute atomic E-state index is 12.8. The van der Waals surface area contributed by atoms with E-state index in [-0.39, 0.29) is 18.0 Å². The van der Waals surface area contributed by atoms with E-state index in [4.69, 9.17) is 4.74 Å². The second kappa shape index (κ2) is 9.03. The van der Waals surface area contributed by atoms with E-state index in [1.54, 1.807) is 18.1 Å². The Labute approximate surface area is 155 Å². The van der Waals surface area contributed by atoms with Crippen LogP contribution in [0.25, 0.3) is 0 Å². The number of ether oxygens (including phenoxy) is 1. The van der Waals surface area contributed by atoms with Crippen LogP contribution in [0, 0.1) is 0 Å². The monoisotopic (exact) mass is 359 g/mol. The van der Waals surface area contributed by atoms with Crippen LogP contribution in [0.4, 0.5) is 10.5 Å². The highest BCUT2D eigenvalue weighted by Crippen LogP contribution is 2.18. The molecule has 26 heavy (non-hydrogen) atoms. The van der Waals surface area contributed by atoms with Gasteiger partial charge in [-0.15, -0.1) is 0 Å². The molecule has 1 aromatic carbocycles. The van der Waals surface area contributed by atoms with E-state index in [0.717, 1.165) is 45.3 Å². The number of likely N-dealkylation sites (tertiary alicyclic amines) is 2. The fourth-order valence-electron chi connectivity index (χ4n) is 3.70. The first-order valence-corrected chi connectivity index (χ1v) is 9.65. The van der Waals surface area contributed by atoms with Crippen molar-refractivity contribution in [2.75, 3.05) is 38.6 Å². The van der Waals surface area contributed by atoms with Gasteiger partial charge in [-0.05, 0) is 43.9 Å². The van der Waals surface area contributed by atoms with Gasteiger partial charge in [0.2, 0.25) is 0 Å². The number of hydrogen-bond donors (Lipinski definition) is 1. The van der Waals surface area contributed by atoms with Gasteiger partial charge in [-0.25, -0.2) is 4.79 Å². The number of anilines is 1. The van der Waals surface area contributed by atoms with Crippen LogP contribution in [0.15, 0.2) is 24.3 Å². The molecular formula is C20H29N3O3. The number of rotatable bonds is 3. The highest BCUT2D eigenvalue weighted by molar-refractivity contribution is 5.97. The average Bonchev–Trinajstić information content (AvgIpc) is 2.97. The van der Waals surface area contributed by atoms with Gasteiger partial charge < -0.3 is 19.9 Å². The molecule has 6 heteroatoms. The summed E-state index contributed by atoms with van der Waals surface area (Å²) < 4.78 is 5.38. The van der Waals surface area contributed by atoms with Crippen LogP contribution in [-0.2, 0) is 4.74 Å². The largest absolute Gasteiger partial charge is 0.380 e. The number of methoxy groups -OCH3 is 1. The Kier molecular flexibility index (Phi) is 6.50. The van der Waals surface area contributed by atoms with Crippen LogP contribution in [0.5, 0.6) is 0 Å². The van der Waals surface area contributed by atoms with E-state index in [0.29, 0.717) is 17.8 Å². The summed E-state index contributed by atoms with van der Waals surface area (Å²) in [4.78, 5) is 29.0. The van der Waals surface area contributed by atoms with Crippen LogP contribution in [0.2, 0.25) is 0 Å². The van der Waals surface area contributed by atoms with E-state index < -0.39 is 0 Å². The molecule has 1 aromatic rings. The molecule has 2 fully saturated rings. The summed E-state index contributed by atoms with van der Waals surface area (Å²) in [5.41, 5.74) is 1.30. The van der Waals surface area contributed by atoms with Crippen LogP contribution in [0.3, 0.4) is 0 Å². The number of benzene rings is 1. The van der Waals surface area contributed by atoms with Crippen molar-refractivity contribution in [1.82, 2.24) is 9.80 Å². The minimum absolute atomic E-state index is 0.0559. The molecule has 0 aliphatic carbocycles. The van der Waals surface area contributed by atoms with Crippen LogP contribution in [-0.4, -0.2) is 61.1 Å². The molecule has 6 nitrogen and oxygen atoms in total. The molecule has 3 amide bonds. The Hall–Kier alpha value is -2.08. The van der Waals surface area contributed by atoms with E-state index in [9.17, 15) is 9.59 Å². The first kappa shape index (κ1) is 18.7. The second-order valence-electron chi connectivity index (χ2n) is 7.16. The van der Waals surface area contributed by atoms with Crippen molar-refractivity contribution in [2.24, 2.45) is 0 Å². The maximum Gasteiger partial charge on any atom is 0.321 e. The summed E-state index contributed by atoms with van der Waals surface area (Å²) >= 11 is 0. The maximum atomic E-state index is 12.8. The Morgan fingerprint density at radius 3 is 2.50 bits per heavy atom. The van der Waals surface area contributed by atoms with Gasteiger partial charge in [0.1, 0.15) is 0 Å². The topological polar surface area (TPSA) is 61.9 Å². The Morgan fingerprint density at radius 1 is 1.04 bits per heavy atom. The molecule has 2 aliphatic heterocycles. The number of piperidine rings is 1. The Bertz CT molecular complexity index is 626. The highest BCUT2D eigenvalue weighted by Gasteiger charge is 2.24. The van der Waals surface area contributed by atoms with Crippen molar-refractivity contribution >= 4 is 17.6 Å². The van der Waals surface area contributed by atoms with Gasteiger partial charge >= 0.3 is 6.03 Å². The Morgan fingerprint density at radius 2 is 1.77 bits per heavy atom. The molecule has 1 atom stereocenters. The molecule has 0 bridgehead atoms. The summed E-state index contributed by atoms with van der Waals surface area (Å²) in [6.07, 6.45) is 6.55. The molecule has 0 spiro atoms. The standard InChI is InChI=1S/C20H29N3O3/c1-26-18-10-7-13-23(15-18)20(25)21-17-9-6-8-16(14-17)19(24)22-11-4-2-3-5-12-22/h6,8-9,14,18H,2-5,7,10-13,15H2,1H3,(H,21,25)/t18-/m0/s1. The molecule has 2 heterocycles. The lowest BCUT2D eigenvalue weighted by Crippen LogP contribution is -2.44. The van der Waals surface area contributed by atoms with E-state index in [1.807, 2.05) is 23.1 Å². The van der Waals surface area contributed by atoms with Crippen LogP contribution >= 0.6 is 0 Å². The number of amides is 3. The third kappa shape index (κ3) is 4.75. The molecule has 0 aromatic heterocycles. The molecule has 3 rings (SSSR count). The lowest BCUT2D eigenvalue weighted by atomic mass is 10.1. The number of nitrogens with zero attached hydrogens (tertiary/aromatic N) is 2. The molecular weight excluding hydrogens is 330 g/mol. The molecule has 142 valence electrons. The molecule has 0 unspecified atom stereocenters. The number of nitrogens with one attached hydrogen (secondary N) is 1. The van der Waals surface area contributed by atoms with E-state index in [2.05, 4.69) is 5.32 Å². The van der Waals surface area contributed by atoms with Gasteiger partial charge in [-0.2, -0.15) is 0 Å². The van der Waals surface area contributed by atoms with Gasteiger partial charge in [-0.1, -0.05) is 18.9 Å². The summed E-state index contributed by atoms with van der Waals surface area (Å²) in [6, 6.07) is 7.13. The minimum atomic E-state index is -0.133. The summed E-state index contributed by atoms with van der Waals surface area (Å²) in [5.74, 6) is 0.0559. The van der Waals surface area contributed by atoms with Gasteiger partial charge in [0.15, 0.2) is 0 Å². The van der Waals surface area contributed by atoms with Crippen molar-refractivity contribution in [2.45, 2.75) is 44.6 Å². The third-order valence-electron chi connectivity index (χ3n) is 5.25. The zero-order valence-corrected chi connectivity index (χ0v) is 15.6. The summed E-state index contributed by atoms with van der Waals surface area (Å²) in [6.45, 7) is 2.98. The molecule has 2 aliphatic rings. The number of carbonyl (C=O) groups excluding carboxylic acids is 2. The number of urea groups is 1. The van der Waals surface area contributed by atoms with Gasteiger partial charge in [0.25, 0.3) is 5.91 Å². The predicted octanol–water partition coefficient (Wildman–Crippen LogP) is 3.35. The van der Waals surface area contributed by atoms with Crippen LogP contribution < -0.4 is 5.32 Å². The number of carbonyl (C=O) groups is 2. The first-order valence-electron chi connectivity index (χ1n) is 9.65. The fourth-order valence-corrected chi connectivity index (χ4v) is 3.70. The molecule has 1 N–H and O–H groups in total. The zero-order valence-electron chi connectivity index (χ0n) is 15.6. The quantitative estimate of drug-likeness (QED) is 0.900. The van der Waals surface area contributed by atoms with Crippen molar-refractivity contribution in [3.05, 3.63) is 29.8 Å². The zero-order chi connectivity index (χ0) is 18.4. The van der Waals surface area contributed by atoms with Crippen molar-refractivity contribution in [3.63, 3.8) is 0 Å². The van der Waals surface area contributed by atoms with Crippen molar-refractivity contribution in [1.29, 1.82) is 0 Å². The summed E-state index contributed by atoms with van der Waals surface area (Å²) in [7, 11) is 1.68. The first-order chi connectivity index (χ1) is 12.7. The lowest BCUT2D eigenvalue weighted by Gasteiger charge is -2.32. The SMILES string of the molecule is CO[C@H]1CCCN(C(=O)Nc2cccc(C(=O)N3CCCCCC3)c2)C1.